The Bertz CT molecular complexity index is 791. The first-order valence-corrected chi connectivity index (χ1v) is 10.0. The molecule has 144 valence electrons. The molecule has 0 amide bonds. The fourth-order valence-electron chi connectivity index (χ4n) is 4.61. The third-order valence-corrected chi connectivity index (χ3v) is 6.15. The van der Waals surface area contributed by atoms with Gasteiger partial charge in [-0.1, -0.05) is 97.4 Å². The first-order valence-electron chi connectivity index (χ1n) is 10.0. The van der Waals surface area contributed by atoms with Crippen molar-refractivity contribution in [1.29, 1.82) is 0 Å². The Hall–Kier alpha value is -1.96. The van der Waals surface area contributed by atoms with Crippen LogP contribution in [0.4, 0.5) is 0 Å². The van der Waals surface area contributed by atoms with E-state index in [9.17, 15) is 9.59 Å². The molecule has 0 aliphatic heterocycles. The highest BCUT2D eigenvalue weighted by Gasteiger charge is 2.66. The fraction of sp³-hybridized carbons (Fsp3) is 0.520. The number of allylic oxidation sites excluding steroid dienone is 4. The van der Waals surface area contributed by atoms with Crippen molar-refractivity contribution in [3.05, 3.63) is 59.2 Å². The van der Waals surface area contributed by atoms with Crippen molar-refractivity contribution in [2.45, 2.75) is 54.9 Å². The van der Waals surface area contributed by atoms with Crippen molar-refractivity contribution in [2.75, 3.05) is 0 Å². The van der Waals surface area contributed by atoms with E-state index in [1.165, 1.54) is 0 Å². The van der Waals surface area contributed by atoms with E-state index in [1.807, 2.05) is 30.3 Å². The third-order valence-electron chi connectivity index (χ3n) is 6.15. The van der Waals surface area contributed by atoms with Crippen molar-refractivity contribution in [2.24, 2.45) is 28.1 Å². The second-order valence-electron chi connectivity index (χ2n) is 10.2. The van der Waals surface area contributed by atoms with Gasteiger partial charge in [-0.25, -0.2) is 0 Å². The summed E-state index contributed by atoms with van der Waals surface area (Å²) in [5.41, 5.74) is 1.69. The Morgan fingerprint density at radius 3 is 1.81 bits per heavy atom. The van der Waals surface area contributed by atoms with Crippen LogP contribution in [0, 0.1) is 28.1 Å². The number of carbonyl (C=O) groups is 2. The molecule has 0 saturated heterocycles. The molecular weight excluding hydrogens is 332 g/mol. The van der Waals surface area contributed by atoms with Gasteiger partial charge in [0.15, 0.2) is 11.6 Å². The van der Waals surface area contributed by atoms with E-state index in [0.717, 1.165) is 23.1 Å². The molecule has 0 heterocycles. The maximum absolute atomic E-state index is 13.3. The molecule has 2 atom stereocenters. The second kappa shape index (κ2) is 6.29. The van der Waals surface area contributed by atoms with Gasteiger partial charge in [-0.05, 0) is 16.7 Å². The molecule has 1 aromatic carbocycles. The lowest BCUT2D eigenvalue weighted by atomic mass is 9.69. The molecule has 1 fully saturated rings. The predicted molar refractivity (Wildman–Crippen MR) is 111 cm³/mol. The SMILES string of the molecule is CC[C@@H]1[C@@H](C(=O)c2ccccc2)C12C=C(C(C)(C)C)C(=O)C(C(C)(C)C)=C2. The molecule has 0 N–H and O–H groups in total. The lowest BCUT2D eigenvalue weighted by molar-refractivity contribution is -0.114. The standard InChI is InChI=1S/C25H32O2/c1-8-17-20(21(26)16-12-10-9-11-13-16)25(17)14-18(23(2,3)4)22(27)19(15-25)24(5,6)7/h9-15,17,20H,8H2,1-7H3/t17-,20+/m1/s1. The van der Waals surface area contributed by atoms with Crippen molar-refractivity contribution >= 4 is 11.6 Å². The minimum absolute atomic E-state index is 0.0762. The van der Waals surface area contributed by atoms with Crippen LogP contribution in [-0.2, 0) is 4.79 Å². The molecule has 1 spiro atoms. The number of benzene rings is 1. The van der Waals surface area contributed by atoms with Gasteiger partial charge < -0.3 is 0 Å². The van der Waals surface area contributed by atoms with Crippen LogP contribution in [0.3, 0.4) is 0 Å². The molecule has 3 rings (SSSR count). The molecule has 27 heavy (non-hydrogen) atoms. The van der Waals surface area contributed by atoms with Gasteiger partial charge >= 0.3 is 0 Å². The van der Waals surface area contributed by atoms with Gasteiger partial charge in [0.05, 0.1) is 0 Å². The molecule has 2 aliphatic rings. The Morgan fingerprint density at radius 2 is 1.41 bits per heavy atom. The fourth-order valence-corrected chi connectivity index (χ4v) is 4.61. The maximum Gasteiger partial charge on any atom is 0.185 e. The van der Waals surface area contributed by atoms with Crippen LogP contribution >= 0.6 is 0 Å². The molecule has 0 radical (unpaired) electrons. The normalized spacial score (nSPS) is 24.5. The van der Waals surface area contributed by atoms with Crippen LogP contribution in [0.1, 0.15) is 65.2 Å². The minimum atomic E-state index is -0.319. The molecular formula is C25H32O2. The van der Waals surface area contributed by atoms with E-state index in [1.54, 1.807) is 0 Å². The van der Waals surface area contributed by atoms with Gasteiger partial charge in [0, 0.05) is 28.0 Å². The Morgan fingerprint density at radius 1 is 0.926 bits per heavy atom. The van der Waals surface area contributed by atoms with Crippen LogP contribution in [0.2, 0.25) is 0 Å². The average molecular weight is 365 g/mol. The first-order chi connectivity index (χ1) is 12.4. The molecule has 0 unspecified atom stereocenters. The van der Waals surface area contributed by atoms with E-state index in [4.69, 9.17) is 0 Å². The van der Waals surface area contributed by atoms with Crippen LogP contribution in [0.15, 0.2) is 53.6 Å². The van der Waals surface area contributed by atoms with E-state index in [2.05, 4.69) is 60.6 Å². The highest BCUT2D eigenvalue weighted by molar-refractivity contribution is 6.12. The van der Waals surface area contributed by atoms with Gasteiger partial charge in [0.25, 0.3) is 0 Å². The monoisotopic (exact) mass is 364 g/mol. The second-order valence-corrected chi connectivity index (χ2v) is 10.2. The average Bonchev–Trinajstić information content (AvgIpc) is 3.21. The number of ketones is 2. The summed E-state index contributed by atoms with van der Waals surface area (Å²) in [5.74, 6) is 0.528. The lowest BCUT2D eigenvalue weighted by Gasteiger charge is -2.34. The van der Waals surface area contributed by atoms with Crippen molar-refractivity contribution in [1.82, 2.24) is 0 Å². The highest BCUT2D eigenvalue weighted by Crippen LogP contribution is 2.67. The van der Waals surface area contributed by atoms with Crippen LogP contribution in [0.5, 0.6) is 0 Å². The summed E-state index contributed by atoms with van der Waals surface area (Å²) in [4.78, 5) is 26.6. The first kappa shape index (κ1) is 19.8. The molecule has 2 nitrogen and oxygen atoms in total. The Labute approximate surface area is 163 Å². The highest BCUT2D eigenvalue weighted by atomic mass is 16.1. The van der Waals surface area contributed by atoms with Crippen molar-refractivity contribution < 1.29 is 9.59 Å². The molecule has 2 heteroatoms. The minimum Gasteiger partial charge on any atom is -0.294 e. The van der Waals surface area contributed by atoms with Crippen molar-refractivity contribution in [3.8, 4) is 0 Å². The summed E-state index contributed by atoms with van der Waals surface area (Å²) in [6.07, 6.45) is 5.22. The summed E-state index contributed by atoms with van der Waals surface area (Å²) in [5, 5.41) is 0. The van der Waals surface area contributed by atoms with Gasteiger partial charge in [0.2, 0.25) is 0 Å². The van der Waals surface area contributed by atoms with Gasteiger partial charge in [0.1, 0.15) is 0 Å². The van der Waals surface area contributed by atoms with E-state index in [-0.39, 0.29) is 39.6 Å². The zero-order chi connectivity index (χ0) is 20.2. The maximum atomic E-state index is 13.3. The Kier molecular flexibility index (Phi) is 4.61. The largest absolute Gasteiger partial charge is 0.294 e. The van der Waals surface area contributed by atoms with Crippen LogP contribution in [-0.4, -0.2) is 11.6 Å². The van der Waals surface area contributed by atoms with Gasteiger partial charge in [-0.15, -0.1) is 0 Å². The number of rotatable bonds is 3. The summed E-state index contributed by atoms with van der Waals surface area (Å²) < 4.78 is 0. The molecule has 0 bridgehead atoms. The van der Waals surface area contributed by atoms with Crippen LogP contribution < -0.4 is 0 Å². The topological polar surface area (TPSA) is 34.1 Å². The number of carbonyl (C=O) groups excluding carboxylic acids is 2. The summed E-state index contributed by atoms with van der Waals surface area (Å²) in [6.45, 7) is 14.7. The van der Waals surface area contributed by atoms with Gasteiger partial charge in [-0.2, -0.15) is 0 Å². The third kappa shape index (κ3) is 3.24. The van der Waals surface area contributed by atoms with Gasteiger partial charge in [-0.3, -0.25) is 9.59 Å². The number of hydrogen-bond acceptors (Lipinski definition) is 2. The summed E-state index contributed by atoms with van der Waals surface area (Å²) in [6, 6.07) is 9.57. The van der Waals surface area contributed by atoms with Crippen LogP contribution in [0.25, 0.3) is 0 Å². The number of hydrogen-bond donors (Lipinski definition) is 0. The Balaban J connectivity index is 2.13. The van der Waals surface area contributed by atoms with E-state index >= 15 is 0 Å². The predicted octanol–water partition coefficient (Wildman–Crippen LogP) is 6.04. The summed E-state index contributed by atoms with van der Waals surface area (Å²) >= 11 is 0. The molecule has 1 saturated carbocycles. The van der Waals surface area contributed by atoms with E-state index in [0.29, 0.717) is 0 Å². The quantitative estimate of drug-likeness (QED) is 0.613. The van der Waals surface area contributed by atoms with E-state index < -0.39 is 0 Å². The summed E-state index contributed by atoms with van der Waals surface area (Å²) in [7, 11) is 0. The smallest absolute Gasteiger partial charge is 0.185 e. The molecule has 2 aliphatic carbocycles. The number of Topliss-reactive ketones (excluding diaryl/α,β-unsaturated/α-hetero) is 2. The zero-order valence-electron chi connectivity index (χ0n) is 17.7. The van der Waals surface area contributed by atoms with Crippen molar-refractivity contribution in [3.63, 3.8) is 0 Å². The molecule has 1 aromatic rings. The lowest BCUT2D eigenvalue weighted by Crippen LogP contribution is -2.31. The molecule has 0 aromatic heterocycles. The zero-order valence-corrected chi connectivity index (χ0v) is 17.7.